The van der Waals surface area contributed by atoms with Crippen molar-refractivity contribution in [2.24, 2.45) is 0 Å². The molecule has 1 saturated heterocycles. The van der Waals surface area contributed by atoms with Gasteiger partial charge in [0.2, 0.25) is 0 Å². The molecule has 1 aromatic rings. The molecule has 0 aliphatic carbocycles. The average molecular weight is 214 g/mol. The van der Waals surface area contributed by atoms with Crippen LogP contribution in [0.2, 0.25) is 5.02 Å². The highest BCUT2D eigenvalue weighted by Crippen LogP contribution is 2.34. The van der Waals surface area contributed by atoms with Crippen molar-refractivity contribution in [3.63, 3.8) is 0 Å². The van der Waals surface area contributed by atoms with Gasteiger partial charge in [-0.1, -0.05) is 17.7 Å². The van der Waals surface area contributed by atoms with E-state index in [1.165, 1.54) is 12.1 Å². The second kappa shape index (κ2) is 3.52. The first-order valence-electron chi connectivity index (χ1n) is 4.82. The van der Waals surface area contributed by atoms with Crippen LogP contribution in [0.25, 0.3) is 0 Å². The maximum absolute atomic E-state index is 12.9. The normalized spacial score (nSPS) is 26.8. The molecule has 1 fully saturated rings. The standard InChI is InChI=1S/C11H13ClFN/c1-11(5-2-6-14-11)9-4-3-8(13)7-10(9)12/h3-4,7,14H,2,5-6H2,1H3. The molecule has 0 bridgehead atoms. The van der Waals surface area contributed by atoms with Crippen LogP contribution >= 0.6 is 11.6 Å². The summed E-state index contributed by atoms with van der Waals surface area (Å²) in [4.78, 5) is 0. The highest BCUT2D eigenvalue weighted by atomic mass is 35.5. The summed E-state index contributed by atoms with van der Waals surface area (Å²) in [5.74, 6) is -0.277. The molecule has 0 radical (unpaired) electrons. The summed E-state index contributed by atoms with van der Waals surface area (Å²) in [6.45, 7) is 3.11. The Hall–Kier alpha value is -0.600. The molecule has 1 aliphatic heterocycles. The predicted octanol–water partition coefficient (Wildman–Crippen LogP) is 3.08. The second-order valence-corrected chi connectivity index (χ2v) is 4.39. The third-order valence-corrected chi connectivity index (χ3v) is 3.21. The van der Waals surface area contributed by atoms with Crippen LogP contribution < -0.4 is 5.32 Å². The van der Waals surface area contributed by atoms with E-state index in [1.807, 2.05) is 0 Å². The van der Waals surface area contributed by atoms with Crippen LogP contribution in [-0.2, 0) is 5.54 Å². The summed E-state index contributed by atoms with van der Waals surface area (Å²) in [6.07, 6.45) is 2.20. The molecule has 14 heavy (non-hydrogen) atoms. The minimum Gasteiger partial charge on any atom is -0.308 e. The Morgan fingerprint density at radius 1 is 1.50 bits per heavy atom. The van der Waals surface area contributed by atoms with E-state index in [9.17, 15) is 4.39 Å². The summed E-state index contributed by atoms with van der Waals surface area (Å²) < 4.78 is 12.9. The molecule has 76 valence electrons. The molecule has 0 saturated carbocycles. The predicted molar refractivity (Wildman–Crippen MR) is 56.0 cm³/mol. The van der Waals surface area contributed by atoms with Gasteiger partial charge in [-0.2, -0.15) is 0 Å². The van der Waals surface area contributed by atoms with Crippen LogP contribution in [0.1, 0.15) is 25.3 Å². The molecule has 0 amide bonds. The Morgan fingerprint density at radius 3 is 2.86 bits per heavy atom. The summed E-state index contributed by atoms with van der Waals surface area (Å²) >= 11 is 6.02. The van der Waals surface area contributed by atoms with E-state index in [1.54, 1.807) is 6.07 Å². The second-order valence-electron chi connectivity index (χ2n) is 3.99. The first kappa shape index (κ1) is 9.94. The monoisotopic (exact) mass is 213 g/mol. The van der Waals surface area contributed by atoms with Crippen molar-refractivity contribution in [3.8, 4) is 0 Å². The molecule has 1 nitrogen and oxygen atoms in total. The maximum atomic E-state index is 12.9. The van der Waals surface area contributed by atoms with Crippen molar-refractivity contribution in [2.45, 2.75) is 25.3 Å². The molecular weight excluding hydrogens is 201 g/mol. The van der Waals surface area contributed by atoms with Gasteiger partial charge in [0.1, 0.15) is 5.82 Å². The van der Waals surface area contributed by atoms with Gasteiger partial charge < -0.3 is 5.32 Å². The topological polar surface area (TPSA) is 12.0 Å². The van der Waals surface area contributed by atoms with E-state index < -0.39 is 0 Å². The van der Waals surface area contributed by atoms with Crippen molar-refractivity contribution in [3.05, 3.63) is 34.6 Å². The largest absolute Gasteiger partial charge is 0.308 e. The van der Waals surface area contributed by atoms with Crippen molar-refractivity contribution < 1.29 is 4.39 Å². The minimum atomic E-state index is -0.277. The van der Waals surface area contributed by atoms with E-state index >= 15 is 0 Å². The first-order chi connectivity index (χ1) is 6.62. The molecule has 0 spiro atoms. The van der Waals surface area contributed by atoms with Gasteiger partial charge in [0, 0.05) is 10.6 Å². The van der Waals surface area contributed by atoms with Crippen molar-refractivity contribution in [1.29, 1.82) is 0 Å². The Labute approximate surface area is 88.3 Å². The lowest BCUT2D eigenvalue weighted by atomic mass is 9.90. The van der Waals surface area contributed by atoms with Gasteiger partial charge in [0.05, 0.1) is 0 Å². The highest BCUT2D eigenvalue weighted by molar-refractivity contribution is 6.31. The lowest BCUT2D eigenvalue weighted by Crippen LogP contribution is -2.33. The molecule has 3 heteroatoms. The van der Waals surface area contributed by atoms with Gasteiger partial charge in [-0.25, -0.2) is 4.39 Å². The highest BCUT2D eigenvalue weighted by Gasteiger charge is 2.31. The van der Waals surface area contributed by atoms with E-state index in [4.69, 9.17) is 11.6 Å². The summed E-state index contributed by atoms with van der Waals surface area (Å²) in [5, 5.41) is 3.92. The molecule has 1 atom stereocenters. The summed E-state index contributed by atoms with van der Waals surface area (Å²) in [5.41, 5.74) is 0.920. The van der Waals surface area contributed by atoms with E-state index in [0.717, 1.165) is 24.9 Å². The zero-order chi connectivity index (χ0) is 10.2. The molecule has 1 aromatic carbocycles. The van der Waals surface area contributed by atoms with Crippen LogP contribution in [0.3, 0.4) is 0 Å². The lowest BCUT2D eigenvalue weighted by Gasteiger charge is -2.26. The number of halogens is 2. The van der Waals surface area contributed by atoms with Gasteiger partial charge in [0.15, 0.2) is 0 Å². The maximum Gasteiger partial charge on any atom is 0.124 e. The van der Waals surface area contributed by atoms with Crippen LogP contribution in [-0.4, -0.2) is 6.54 Å². The van der Waals surface area contributed by atoms with Crippen LogP contribution in [0.15, 0.2) is 18.2 Å². The van der Waals surface area contributed by atoms with E-state index in [0.29, 0.717) is 5.02 Å². The van der Waals surface area contributed by atoms with Crippen molar-refractivity contribution in [2.75, 3.05) is 6.54 Å². The quantitative estimate of drug-likeness (QED) is 0.756. The fraction of sp³-hybridized carbons (Fsp3) is 0.455. The molecule has 1 N–H and O–H groups in total. The zero-order valence-electron chi connectivity index (χ0n) is 8.11. The Morgan fingerprint density at radius 2 is 2.29 bits per heavy atom. The first-order valence-corrected chi connectivity index (χ1v) is 5.20. The van der Waals surface area contributed by atoms with Crippen molar-refractivity contribution in [1.82, 2.24) is 5.32 Å². The van der Waals surface area contributed by atoms with E-state index in [-0.39, 0.29) is 11.4 Å². The molecule has 0 aromatic heterocycles. The molecule has 1 unspecified atom stereocenters. The van der Waals surface area contributed by atoms with Gasteiger partial charge >= 0.3 is 0 Å². The fourth-order valence-corrected chi connectivity index (χ4v) is 2.44. The van der Waals surface area contributed by atoms with Gasteiger partial charge in [-0.05, 0) is 44.0 Å². The number of benzene rings is 1. The fourth-order valence-electron chi connectivity index (χ4n) is 2.06. The Bertz CT molecular complexity index is 345. The Kier molecular flexibility index (Phi) is 2.50. The van der Waals surface area contributed by atoms with Gasteiger partial charge in [-0.15, -0.1) is 0 Å². The van der Waals surface area contributed by atoms with Crippen molar-refractivity contribution >= 4 is 11.6 Å². The zero-order valence-corrected chi connectivity index (χ0v) is 8.87. The third-order valence-electron chi connectivity index (χ3n) is 2.89. The number of hydrogen-bond donors (Lipinski definition) is 1. The van der Waals surface area contributed by atoms with Crippen LogP contribution in [0, 0.1) is 5.82 Å². The minimum absolute atomic E-state index is 0.0786. The van der Waals surface area contributed by atoms with E-state index in [2.05, 4.69) is 12.2 Å². The van der Waals surface area contributed by atoms with Gasteiger partial charge in [-0.3, -0.25) is 0 Å². The SMILES string of the molecule is CC1(c2ccc(F)cc2Cl)CCCN1. The number of nitrogens with one attached hydrogen (secondary N) is 1. The lowest BCUT2D eigenvalue weighted by molar-refractivity contribution is 0.434. The molecule has 1 heterocycles. The number of hydrogen-bond acceptors (Lipinski definition) is 1. The van der Waals surface area contributed by atoms with Gasteiger partial charge in [0.25, 0.3) is 0 Å². The number of rotatable bonds is 1. The van der Waals surface area contributed by atoms with Crippen LogP contribution in [0.4, 0.5) is 4.39 Å². The summed E-state index contributed by atoms with van der Waals surface area (Å²) in [7, 11) is 0. The van der Waals surface area contributed by atoms with Crippen LogP contribution in [0.5, 0.6) is 0 Å². The molecule has 1 aliphatic rings. The summed E-state index contributed by atoms with van der Waals surface area (Å²) in [6, 6.07) is 4.62. The Balaban J connectivity index is 2.40. The smallest absolute Gasteiger partial charge is 0.124 e. The molecular formula is C11H13ClFN. The third kappa shape index (κ3) is 1.64. The molecule has 2 rings (SSSR count). The average Bonchev–Trinajstić information content (AvgIpc) is 2.52.